The molecule has 0 saturated carbocycles. The van der Waals surface area contributed by atoms with Crippen molar-refractivity contribution in [2.24, 2.45) is 0 Å². The molecular formula is C12H8F3NO2. The van der Waals surface area contributed by atoms with Gasteiger partial charge in [0.05, 0.1) is 5.56 Å². The molecule has 0 N–H and O–H groups in total. The van der Waals surface area contributed by atoms with Crippen molar-refractivity contribution in [2.75, 3.05) is 0 Å². The molecule has 0 unspecified atom stereocenters. The van der Waals surface area contributed by atoms with E-state index in [4.69, 9.17) is 4.42 Å². The number of hydrogen-bond donors (Lipinski definition) is 0. The van der Waals surface area contributed by atoms with E-state index in [1.165, 1.54) is 18.2 Å². The van der Waals surface area contributed by atoms with Crippen molar-refractivity contribution in [1.82, 2.24) is 4.98 Å². The van der Waals surface area contributed by atoms with Crippen LogP contribution >= 0.6 is 0 Å². The van der Waals surface area contributed by atoms with E-state index >= 15 is 0 Å². The number of rotatable bonds is 3. The van der Waals surface area contributed by atoms with Crippen LogP contribution < -0.4 is 0 Å². The Labute approximate surface area is 100 Å². The number of halogens is 3. The van der Waals surface area contributed by atoms with Gasteiger partial charge in [-0.3, -0.25) is 4.79 Å². The van der Waals surface area contributed by atoms with Crippen LogP contribution in [-0.4, -0.2) is 11.3 Å². The van der Waals surface area contributed by atoms with Crippen LogP contribution in [0.3, 0.4) is 0 Å². The number of aldehydes is 1. The fourth-order valence-electron chi connectivity index (χ4n) is 1.57. The second-order valence-electron chi connectivity index (χ2n) is 3.62. The predicted octanol–water partition coefficient (Wildman–Crippen LogP) is 3.10. The van der Waals surface area contributed by atoms with Crippen LogP contribution in [0.2, 0.25) is 0 Å². The van der Waals surface area contributed by atoms with Crippen LogP contribution in [0.15, 0.2) is 34.9 Å². The van der Waals surface area contributed by atoms with Gasteiger partial charge in [0, 0.05) is 6.42 Å². The molecule has 1 aromatic heterocycles. The third-order valence-corrected chi connectivity index (χ3v) is 2.35. The van der Waals surface area contributed by atoms with Gasteiger partial charge in [0.15, 0.2) is 12.2 Å². The normalized spacial score (nSPS) is 11.5. The lowest BCUT2D eigenvalue weighted by Crippen LogP contribution is -2.09. The number of carbonyl (C=O) groups excluding carboxylic acids is 1. The van der Waals surface area contributed by atoms with E-state index in [1.807, 2.05) is 0 Å². The van der Waals surface area contributed by atoms with Crippen LogP contribution in [0.1, 0.15) is 27.5 Å². The molecular weight excluding hydrogens is 247 g/mol. The summed E-state index contributed by atoms with van der Waals surface area (Å²) in [7, 11) is 0. The van der Waals surface area contributed by atoms with Gasteiger partial charge < -0.3 is 4.42 Å². The van der Waals surface area contributed by atoms with Crippen molar-refractivity contribution in [2.45, 2.75) is 12.6 Å². The van der Waals surface area contributed by atoms with Crippen molar-refractivity contribution < 1.29 is 22.4 Å². The van der Waals surface area contributed by atoms with Gasteiger partial charge in [-0.15, -0.1) is 0 Å². The highest BCUT2D eigenvalue weighted by molar-refractivity contribution is 5.70. The lowest BCUT2D eigenvalue weighted by atomic mass is 10.0. The molecule has 0 spiro atoms. The molecule has 0 bridgehead atoms. The summed E-state index contributed by atoms with van der Waals surface area (Å²) in [5.41, 5.74) is -0.602. The van der Waals surface area contributed by atoms with Crippen LogP contribution in [0.4, 0.5) is 13.2 Å². The topological polar surface area (TPSA) is 43.1 Å². The molecule has 1 aromatic carbocycles. The van der Waals surface area contributed by atoms with Crippen molar-refractivity contribution in [3.8, 4) is 0 Å². The van der Waals surface area contributed by atoms with Crippen LogP contribution in [-0.2, 0) is 12.6 Å². The van der Waals surface area contributed by atoms with E-state index in [0.717, 1.165) is 12.3 Å². The van der Waals surface area contributed by atoms with Gasteiger partial charge in [-0.05, 0) is 11.6 Å². The molecule has 0 radical (unpaired) electrons. The number of alkyl halides is 3. The molecule has 0 atom stereocenters. The summed E-state index contributed by atoms with van der Waals surface area (Å²) in [5, 5.41) is 0. The minimum absolute atomic E-state index is 0.0595. The molecule has 2 rings (SSSR count). The molecule has 0 aliphatic heterocycles. The number of carbonyl (C=O) groups is 1. The van der Waals surface area contributed by atoms with E-state index in [9.17, 15) is 18.0 Å². The first kappa shape index (κ1) is 12.3. The van der Waals surface area contributed by atoms with Crippen LogP contribution in [0, 0.1) is 0 Å². The lowest BCUT2D eigenvalue weighted by Gasteiger charge is -2.10. The molecule has 2 aromatic rings. The first-order valence-electron chi connectivity index (χ1n) is 5.05. The van der Waals surface area contributed by atoms with Gasteiger partial charge in [0.2, 0.25) is 0 Å². The van der Waals surface area contributed by atoms with Crippen molar-refractivity contribution in [3.63, 3.8) is 0 Å². The third-order valence-electron chi connectivity index (χ3n) is 2.35. The average molecular weight is 255 g/mol. The summed E-state index contributed by atoms with van der Waals surface area (Å²) < 4.78 is 43.1. The fraction of sp³-hybridized carbons (Fsp3) is 0.167. The van der Waals surface area contributed by atoms with E-state index in [-0.39, 0.29) is 23.6 Å². The van der Waals surface area contributed by atoms with Gasteiger partial charge in [0.25, 0.3) is 0 Å². The smallest absolute Gasteiger partial charge is 0.416 e. The maximum absolute atomic E-state index is 12.7. The summed E-state index contributed by atoms with van der Waals surface area (Å²) in [4.78, 5) is 14.1. The average Bonchev–Trinajstić information content (AvgIpc) is 2.76. The Bertz CT molecular complexity index is 560. The zero-order chi connectivity index (χ0) is 13.2. The van der Waals surface area contributed by atoms with E-state index < -0.39 is 11.7 Å². The second kappa shape index (κ2) is 4.64. The summed E-state index contributed by atoms with van der Waals surface area (Å²) in [6.45, 7) is 0. The Balaban J connectivity index is 2.31. The first-order valence-corrected chi connectivity index (χ1v) is 5.05. The standard InChI is InChI=1S/C12H8F3NO2/c13-12(14,15)10-4-2-1-3-8(10)5-11-16-9(6-17)7-18-11/h1-4,6-7H,5H2. The Morgan fingerprint density at radius 3 is 2.61 bits per heavy atom. The summed E-state index contributed by atoms with van der Waals surface area (Å²) >= 11 is 0. The lowest BCUT2D eigenvalue weighted by molar-refractivity contribution is -0.138. The second-order valence-corrected chi connectivity index (χ2v) is 3.62. The fourth-order valence-corrected chi connectivity index (χ4v) is 1.57. The number of nitrogens with zero attached hydrogens (tertiary/aromatic N) is 1. The number of oxazole rings is 1. The molecule has 0 amide bonds. The van der Waals surface area contributed by atoms with Crippen molar-refractivity contribution in [3.05, 3.63) is 53.2 Å². The van der Waals surface area contributed by atoms with Crippen molar-refractivity contribution in [1.29, 1.82) is 0 Å². The Kier molecular flexibility index (Phi) is 3.18. The molecule has 1 heterocycles. The summed E-state index contributed by atoms with van der Waals surface area (Å²) in [5.74, 6) is 0.0776. The first-order chi connectivity index (χ1) is 8.50. The van der Waals surface area contributed by atoms with E-state index in [2.05, 4.69) is 4.98 Å². The van der Waals surface area contributed by atoms with Gasteiger partial charge in [0.1, 0.15) is 12.0 Å². The largest absolute Gasteiger partial charge is 0.448 e. The quantitative estimate of drug-likeness (QED) is 0.791. The minimum atomic E-state index is -4.42. The predicted molar refractivity (Wildman–Crippen MR) is 56.1 cm³/mol. The molecule has 0 saturated heterocycles. The van der Waals surface area contributed by atoms with Gasteiger partial charge in [-0.2, -0.15) is 13.2 Å². The molecule has 94 valence electrons. The highest BCUT2D eigenvalue weighted by Gasteiger charge is 2.33. The minimum Gasteiger partial charge on any atom is -0.448 e. The highest BCUT2D eigenvalue weighted by atomic mass is 19.4. The van der Waals surface area contributed by atoms with Gasteiger partial charge in [-0.25, -0.2) is 4.98 Å². The van der Waals surface area contributed by atoms with E-state index in [1.54, 1.807) is 0 Å². The number of hydrogen-bond acceptors (Lipinski definition) is 3. The molecule has 18 heavy (non-hydrogen) atoms. The molecule has 3 nitrogen and oxygen atoms in total. The monoisotopic (exact) mass is 255 g/mol. The molecule has 6 heteroatoms. The molecule has 0 aliphatic rings. The van der Waals surface area contributed by atoms with Gasteiger partial charge >= 0.3 is 6.18 Å². The molecule has 0 aliphatic carbocycles. The number of benzene rings is 1. The SMILES string of the molecule is O=Cc1coc(Cc2ccccc2C(F)(F)F)n1. The maximum atomic E-state index is 12.7. The third kappa shape index (κ3) is 2.58. The highest BCUT2D eigenvalue weighted by Crippen LogP contribution is 2.32. The Morgan fingerprint density at radius 2 is 2.00 bits per heavy atom. The van der Waals surface area contributed by atoms with E-state index in [0.29, 0.717) is 6.29 Å². The van der Waals surface area contributed by atoms with Crippen LogP contribution in [0.5, 0.6) is 0 Å². The summed E-state index contributed by atoms with van der Waals surface area (Å²) in [6, 6.07) is 5.18. The molecule has 0 fully saturated rings. The summed E-state index contributed by atoms with van der Waals surface area (Å²) in [6.07, 6.45) is -2.94. The van der Waals surface area contributed by atoms with Gasteiger partial charge in [-0.1, -0.05) is 18.2 Å². The zero-order valence-corrected chi connectivity index (χ0v) is 9.07. The number of aromatic nitrogens is 1. The van der Waals surface area contributed by atoms with Crippen molar-refractivity contribution >= 4 is 6.29 Å². The van der Waals surface area contributed by atoms with Crippen LogP contribution in [0.25, 0.3) is 0 Å². The Hall–Kier alpha value is -2.11. The maximum Gasteiger partial charge on any atom is 0.416 e. The zero-order valence-electron chi connectivity index (χ0n) is 9.07. The Morgan fingerprint density at radius 1 is 1.28 bits per heavy atom.